The second-order valence-corrected chi connectivity index (χ2v) is 6.51. The van der Waals surface area contributed by atoms with Crippen molar-refractivity contribution in [2.45, 2.75) is 19.4 Å². The van der Waals surface area contributed by atoms with Gasteiger partial charge in [-0.3, -0.25) is 0 Å². The normalized spacial score (nSPS) is 11.6. The smallest absolute Gasteiger partial charge is 0.118 e. The van der Waals surface area contributed by atoms with Crippen molar-refractivity contribution in [3.05, 3.63) is 60.0 Å². The standard InChI is InChI=1S/C17H18N2OS/c1-17(2,19-11-10-18-12-19)16-9-8-15(21-16)13-4-6-14(20-3)7-5-13/h4-12H,1-3H3. The first kappa shape index (κ1) is 13.9. The zero-order valence-electron chi connectivity index (χ0n) is 12.4. The van der Waals surface area contributed by atoms with E-state index in [4.69, 9.17) is 4.74 Å². The highest BCUT2D eigenvalue weighted by Crippen LogP contribution is 2.36. The molecule has 2 heterocycles. The van der Waals surface area contributed by atoms with Gasteiger partial charge in [-0.1, -0.05) is 0 Å². The lowest BCUT2D eigenvalue weighted by atomic mass is 10.0. The van der Waals surface area contributed by atoms with Gasteiger partial charge in [-0.25, -0.2) is 4.98 Å². The maximum absolute atomic E-state index is 5.21. The minimum Gasteiger partial charge on any atom is -0.497 e. The molecular formula is C17H18N2OS. The molecular weight excluding hydrogens is 280 g/mol. The number of thiophene rings is 1. The molecule has 0 saturated heterocycles. The second kappa shape index (κ2) is 5.37. The molecule has 0 atom stereocenters. The number of hydrogen-bond acceptors (Lipinski definition) is 3. The highest BCUT2D eigenvalue weighted by atomic mass is 32.1. The first-order valence-corrected chi connectivity index (χ1v) is 7.66. The third-order valence-corrected chi connectivity index (χ3v) is 5.18. The molecule has 0 aliphatic carbocycles. The van der Waals surface area contributed by atoms with E-state index in [-0.39, 0.29) is 5.54 Å². The SMILES string of the molecule is COc1ccc(-c2ccc(C(C)(C)n3ccnc3)s2)cc1. The van der Waals surface area contributed by atoms with Gasteiger partial charge in [0, 0.05) is 22.1 Å². The van der Waals surface area contributed by atoms with E-state index in [9.17, 15) is 0 Å². The number of rotatable bonds is 4. The van der Waals surface area contributed by atoms with Crippen LogP contribution in [0, 0.1) is 0 Å². The monoisotopic (exact) mass is 298 g/mol. The minimum absolute atomic E-state index is 0.0914. The van der Waals surface area contributed by atoms with Crippen molar-refractivity contribution in [2.75, 3.05) is 7.11 Å². The number of nitrogens with zero attached hydrogens (tertiary/aromatic N) is 2. The van der Waals surface area contributed by atoms with Gasteiger partial charge in [0.2, 0.25) is 0 Å². The topological polar surface area (TPSA) is 27.1 Å². The summed E-state index contributed by atoms with van der Waals surface area (Å²) in [6.45, 7) is 4.41. The summed E-state index contributed by atoms with van der Waals surface area (Å²) in [7, 11) is 1.69. The first-order valence-electron chi connectivity index (χ1n) is 6.84. The van der Waals surface area contributed by atoms with Gasteiger partial charge in [0.05, 0.1) is 19.0 Å². The van der Waals surface area contributed by atoms with Crippen LogP contribution in [0.15, 0.2) is 55.1 Å². The molecule has 4 heteroatoms. The van der Waals surface area contributed by atoms with E-state index in [0.717, 1.165) is 5.75 Å². The molecule has 3 rings (SSSR count). The molecule has 0 amide bonds. The molecule has 0 fully saturated rings. The van der Waals surface area contributed by atoms with E-state index in [1.165, 1.54) is 15.3 Å². The third kappa shape index (κ3) is 2.59. The number of imidazole rings is 1. The summed E-state index contributed by atoms with van der Waals surface area (Å²) in [5, 5.41) is 0. The van der Waals surface area contributed by atoms with Gasteiger partial charge < -0.3 is 9.30 Å². The van der Waals surface area contributed by atoms with Crippen LogP contribution in [0.25, 0.3) is 10.4 Å². The fraction of sp³-hybridized carbons (Fsp3) is 0.235. The van der Waals surface area contributed by atoms with Crippen LogP contribution in [-0.2, 0) is 5.54 Å². The van der Waals surface area contributed by atoms with Gasteiger partial charge >= 0.3 is 0 Å². The summed E-state index contributed by atoms with van der Waals surface area (Å²) < 4.78 is 7.34. The molecule has 0 unspecified atom stereocenters. The molecule has 2 aromatic heterocycles. The predicted octanol–water partition coefficient (Wildman–Crippen LogP) is 4.40. The Morgan fingerprint density at radius 1 is 1.10 bits per heavy atom. The van der Waals surface area contributed by atoms with Gasteiger partial charge in [0.1, 0.15) is 5.75 Å². The van der Waals surface area contributed by atoms with Gasteiger partial charge in [-0.2, -0.15) is 0 Å². The molecule has 0 saturated carbocycles. The van der Waals surface area contributed by atoms with E-state index in [2.05, 4.69) is 47.7 Å². The van der Waals surface area contributed by atoms with E-state index in [1.54, 1.807) is 7.11 Å². The lowest BCUT2D eigenvalue weighted by Crippen LogP contribution is -2.24. The zero-order valence-corrected chi connectivity index (χ0v) is 13.2. The number of hydrogen-bond donors (Lipinski definition) is 0. The molecule has 0 bridgehead atoms. The summed E-state index contributed by atoms with van der Waals surface area (Å²) in [4.78, 5) is 6.73. The Morgan fingerprint density at radius 3 is 2.48 bits per heavy atom. The van der Waals surface area contributed by atoms with Crippen LogP contribution in [0.1, 0.15) is 18.7 Å². The summed E-state index contributed by atoms with van der Waals surface area (Å²) in [6.07, 6.45) is 5.69. The second-order valence-electron chi connectivity index (χ2n) is 5.42. The summed E-state index contributed by atoms with van der Waals surface area (Å²) in [5.41, 5.74) is 1.12. The Balaban J connectivity index is 1.92. The lowest BCUT2D eigenvalue weighted by Gasteiger charge is -2.25. The van der Waals surface area contributed by atoms with Crippen molar-refractivity contribution in [3.63, 3.8) is 0 Å². The average molecular weight is 298 g/mol. The van der Waals surface area contributed by atoms with Crippen LogP contribution in [0.4, 0.5) is 0 Å². The Kier molecular flexibility index (Phi) is 3.55. The number of benzene rings is 1. The van der Waals surface area contributed by atoms with Crippen LogP contribution in [-0.4, -0.2) is 16.7 Å². The molecule has 0 N–H and O–H groups in total. The molecule has 0 radical (unpaired) electrons. The minimum atomic E-state index is -0.0914. The summed E-state index contributed by atoms with van der Waals surface area (Å²) in [5.74, 6) is 0.884. The largest absolute Gasteiger partial charge is 0.497 e. The lowest BCUT2D eigenvalue weighted by molar-refractivity contribution is 0.415. The highest BCUT2D eigenvalue weighted by Gasteiger charge is 2.24. The third-order valence-electron chi connectivity index (χ3n) is 3.73. The quantitative estimate of drug-likeness (QED) is 0.713. The van der Waals surface area contributed by atoms with Crippen LogP contribution >= 0.6 is 11.3 Å². The van der Waals surface area contributed by atoms with Gasteiger partial charge in [-0.05, 0) is 55.8 Å². The molecule has 3 aromatic rings. The molecule has 3 nitrogen and oxygen atoms in total. The molecule has 0 aliphatic heterocycles. The van der Waals surface area contributed by atoms with Crippen molar-refractivity contribution in [3.8, 4) is 16.2 Å². The van der Waals surface area contributed by atoms with Crippen LogP contribution in [0.5, 0.6) is 5.75 Å². The van der Waals surface area contributed by atoms with E-state index in [0.29, 0.717) is 0 Å². The number of aromatic nitrogens is 2. The van der Waals surface area contributed by atoms with Crippen LogP contribution in [0.2, 0.25) is 0 Å². The van der Waals surface area contributed by atoms with Crippen molar-refractivity contribution in [2.24, 2.45) is 0 Å². The Morgan fingerprint density at radius 2 is 1.86 bits per heavy atom. The molecule has 0 aliphatic rings. The van der Waals surface area contributed by atoms with Crippen molar-refractivity contribution in [1.82, 2.24) is 9.55 Å². The maximum Gasteiger partial charge on any atom is 0.118 e. The zero-order chi connectivity index (χ0) is 14.9. The Labute approximate surface area is 128 Å². The van der Waals surface area contributed by atoms with Crippen LogP contribution in [0.3, 0.4) is 0 Å². The van der Waals surface area contributed by atoms with E-state index >= 15 is 0 Å². The number of ether oxygens (including phenoxy) is 1. The van der Waals surface area contributed by atoms with Crippen molar-refractivity contribution >= 4 is 11.3 Å². The Bertz CT molecular complexity index is 712. The average Bonchev–Trinajstić information content (AvgIpc) is 3.19. The van der Waals surface area contributed by atoms with Crippen molar-refractivity contribution < 1.29 is 4.74 Å². The highest BCUT2D eigenvalue weighted by molar-refractivity contribution is 7.15. The molecule has 1 aromatic carbocycles. The maximum atomic E-state index is 5.21. The number of methoxy groups -OCH3 is 1. The molecule has 0 spiro atoms. The first-order chi connectivity index (χ1) is 10.1. The Hall–Kier alpha value is -2.07. The molecule has 21 heavy (non-hydrogen) atoms. The van der Waals surface area contributed by atoms with Gasteiger partial charge in [-0.15, -0.1) is 11.3 Å². The van der Waals surface area contributed by atoms with Crippen molar-refractivity contribution in [1.29, 1.82) is 0 Å². The van der Waals surface area contributed by atoms with E-state index < -0.39 is 0 Å². The predicted molar refractivity (Wildman–Crippen MR) is 87.0 cm³/mol. The fourth-order valence-corrected chi connectivity index (χ4v) is 3.41. The van der Waals surface area contributed by atoms with E-state index in [1.807, 2.05) is 42.2 Å². The molecule has 108 valence electrons. The summed E-state index contributed by atoms with van der Waals surface area (Å²) >= 11 is 1.82. The fourth-order valence-electron chi connectivity index (χ4n) is 2.29. The van der Waals surface area contributed by atoms with Gasteiger partial charge in [0.25, 0.3) is 0 Å². The summed E-state index contributed by atoms with van der Waals surface area (Å²) in [6, 6.07) is 12.6. The van der Waals surface area contributed by atoms with Crippen LogP contribution < -0.4 is 4.74 Å². The van der Waals surface area contributed by atoms with Gasteiger partial charge in [0.15, 0.2) is 0 Å².